The molecule has 1 N–H and O–H groups in total. The highest BCUT2D eigenvalue weighted by Gasteiger charge is 2.29. The normalized spacial score (nSPS) is 27.4. The number of aliphatic hydroxyl groups excluding tert-OH is 1. The zero-order chi connectivity index (χ0) is 27.0. The lowest BCUT2D eigenvalue weighted by Gasteiger charge is -2.30. The molecular weight excluding hydrogens is 470 g/mol. The first kappa shape index (κ1) is 31.7. The summed E-state index contributed by atoms with van der Waals surface area (Å²) < 4.78 is 22.2. The largest absolute Gasteiger partial charge is 0.463 e. The quantitative estimate of drug-likeness (QED) is 0.268. The van der Waals surface area contributed by atoms with Crippen LogP contribution in [0.1, 0.15) is 70.8 Å². The molecule has 1 fully saturated rings. The summed E-state index contributed by atoms with van der Waals surface area (Å²) in [5.41, 5.74) is 1.39. The number of nitrogens with zero attached hydrogens (tertiary/aromatic N) is 1. The number of hydrogen-bond donors (Lipinski definition) is 1. The average Bonchev–Trinajstić information content (AvgIpc) is 2.89. The summed E-state index contributed by atoms with van der Waals surface area (Å²) >= 11 is 0. The summed E-state index contributed by atoms with van der Waals surface area (Å²) in [6.07, 6.45) is 5.72. The van der Waals surface area contributed by atoms with Gasteiger partial charge in [-0.3, -0.25) is 4.79 Å². The van der Waals surface area contributed by atoms with E-state index >= 15 is 0 Å². The van der Waals surface area contributed by atoms with Gasteiger partial charge >= 0.3 is 5.97 Å². The zero-order valence-corrected chi connectivity index (χ0v) is 23.8. The molecule has 1 heterocycles. The molecule has 212 valence electrons. The fourth-order valence-electron chi connectivity index (χ4n) is 5.32. The molecule has 7 nitrogen and oxygen atoms in total. The smallest absolute Gasteiger partial charge is 0.308 e. The highest BCUT2D eigenvalue weighted by atomic mass is 16.7. The molecule has 0 saturated carbocycles. The molecule has 2 rings (SSSR count). The Labute approximate surface area is 224 Å². The van der Waals surface area contributed by atoms with E-state index in [0.29, 0.717) is 18.8 Å². The van der Waals surface area contributed by atoms with Crippen molar-refractivity contribution >= 4 is 5.97 Å². The first-order valence-electron chi connectivity index (χ1n) is 14.1. The van der Waals surface area contributed by atoms with E-state index in [1.54, 1.807) is 21.3 Å². The summed E-state index contributed by atoms with van der Waals surface area (Å²) in [6.45, 7) is 7.21. The Balaban J connectivity index is 2.04. The van der Waals surface area contributed by atoms with Crippen LogP contribution in [0.15, 0.2) is 30.3 Å². The number of ether oxygens (including phenoxy) is 4. The van der Waals surface area contributed by atoms with E-state index in [0.717, 1.165) is 58.2 Å². The van der Waals surface area contributed by atoms with Crippen LogP contribution in [0.4, 0.5) is 0 Å². The van der Waals surface area contributed by atoms with Crippen molar-refractivity contribution in [2.24, 2.45) is 11.8 Å². The molecule has 0 radical (unpaired) electrons. The van der Waals surface area contributed by atoms with Crippen LogP contribution >= 0.6 is 0 Å². The molecule has 1 aromatic rings. The maximum absolute atomic E-state index is 12.5. The van der Waals surface area contributed by atoms with Gasteiger partial charge in [0.25, 0.3) is 0 Å². The second-order valence-electron chi connectivity index (χ2n) is 10.8. The number of esters is 1. The molecule has 0 aliphatic carbocycles. The van der Waals surface area contributed by atoms with Gasteiger partial charge in [0.1, 0.15) is 6.10 Å². The first-order valence-corrected chi connectivity index (χ1v) is 14.1. The lowest BCUT2D eigenvalue weighted by atomic mass is 9.85. The summed E-state index contributed by atoms with van der Waals surface area (Å²) in [4.78, 5) is 15.1. The van der Waals surface area contributed by atoms with E-state index in [1.165, 1.54) is 5.56 Å². The van der Waals surface area contributed by atoms with Crippen molar-refractivity contribution < 1.29 is 28.8 Å². The Morgan fingerprint density at radius 3 is 2.41 bits per heavy atom. The van der Waals surface area contributed by atoms with Gasteiger partial charge in [-0.05, 0) is 82.4 Å². The number of carbonyl (C=O) groups excluding carboxylic acids is 1. The molecule has 0 spiro atoms. The summed E-state index contributed by atoms with van der Waals surface area (Å²) in [5, 5.41) is 10.8. The van der Waals surface area contributed by atoms with E-state index in [1.807, 2.05) is 6.92 Å². The van der Waals surface area contributed by atoms with Crippen LogP contribution < -0.4 is 0 Å². The number of cyclic esters (lactones) is 1. The third kappa shape index (κ3) is 12.7. The summed E-state index contributed by atoms with van der Waals surface area (Å²) in [5.74, 6) is 0.364. The lowest BCUT2D eigenvalue weighted by Crippen LogP contribution is -2.34. The summed E-state index contributed by atoms with van der Waals surface area (Å²) in [7, 11) is 4.90. The van der Waals surface area contributed by atoms with E-state index in [-0.39, 0.29) is 30.7 Å². The molecule has 37 heavy (non-hydrogen) atoms. The van der Waals surface area contributed by atoms with Crippen molar-refractivity contribution in [2.75, 3.05) is 41.0 Å². The van der Waals surface area contributed by atoms with Gasteiger partial charge in [-0.1, -0.05) is 37.3 Å². The molecule has 7 heteroatoms. The molecule has 1 aromatic carbocycles. The zero-order valence-electron chi connectivity index (χ0n) is 23.8. The van der Waals surface area contributed by atoms with Crippen molar-refractivity contribution in [1.82, 2.24) is 4.90 Å². The Morgan fingerprint density at radius 2 is 1.73 bits per heavy atom. The number of hydrogen-bond acceptors (Lipinski definition) is 7. The Kier molecular flexibility index (Phi) is 15.3. The van der Waals surface area contributed by atoms with E-state index in [9.17, 15) is 9.90 Å². The number of aryl methyl sites for hydroxylation is 1. The second-order valence-corrected chi connectivity index (χ2v) is 10.8. The first-order chi connectivity index (χ1) is 17.8. The fraction of sp³-hybridized carbons (Fsp3) is 0.767. The van der Waals surface area contributed by atoms with Crippen LogP contribution in [-0.4, -0.2) is 81.5 Å². The predicted molar refractivity (Wildman–Crippen MR) is 146 cm³/mol. The van der Waals surface area contributed by atoms with Gasteiger partial charge in [-0.15, -0.1) is 0 Å². The fourth-order valence-corrected chi connectivity index (χ4v) is 5.32. The van der Waals surface area contributed by atoms with Gasteiger partial charge < -0.3 is 29.0 Å². The van der Waals surface area contributed by atoms with Crippen LogP contribution in [0.2, 0.25) is 0 Å². The number of rotatable bonds is 10. The highest BCUT2D eigenvalue weighted by molar-refractivity contribution is 5.70. The topological polar surface area (TPSA) is 77.5 Å². The molecule has 0 aromatic heterocycles. The van der Waals surface area contributed by atoms with Gasteiger partial charge in [0.15, 0.2) is 6.29 Å². The number of carbonyl (C=O) groups is 1. The van der Waals surface area contributed by atoms with Gasteiger partial charge in [0, 0.05) is 34.3 Å². The standard InChI is InChI=1S/C30H51NO6/c1-23-14-17-31(16-10-9-13-25-11-7-6-8-12-25)18-15-24(2)37-29(33)22-27(32)28(34-3)20-26(19-23)21-30(35-4)36-5/h6-8,11-12,23-24,26-28,30,32H,9-10,13-22H2,1-5H3. The highest BCUT2D eigenvalue weighted by Crippen LogP contribution is 2.28. The number of methoxy groups -OCH3 is 3. The second kappa shape index (κ2) is 17.9. The Hall–Kier alpha value is -1.51. The molecule has 5 unspecified atom stereocenters. The van der Waals surface area contributed by atoms with E-state index in [4.69, 9.17) is 18.9 Å². The van der Waals surface area contributed by atoms with Crippen LogP contribution in [0, 0.1) is 11.8 Å². The molecular formula is C30H51NO6. The molecule has 0 amide bonds. The van der Waals surface area contributed by atoms with E-state index in [2.05, 4.69) is 42.2 Å². The third-order valence-electron chi connectivity index (χ3n) is 7.62. The minimum Gasteiger partial charge on any atom is -0.463 e. The molecule has 1 aliphatic heterocycles. The predicted octanol–water partition coefficient (Wildman–Crippen LogP) is 4.84. The summed E-state index contributed by atoms with van der Waals surface area (Å²) in [6, 6.07) is 10.7. The number of aliphatic hydroxyl groups is 1. The Bertz CT molecular complexity index is 728. The van der Waals surface area contributed by atoms with Crippen LogP contribution in [0.3, 0.4) is 0 Å². The number of unbranched alkanes of at least 4 members (excludes halogenated alkanes) is 1. The maximum Gasteiger partial charge on any atom is 0.308 e. The van der Waals surface area contributed by atoms with Gasteiger partial charge in [-0.25, -0.2) is 0 Å². The van der Waals surface area contributed by atoms with Gasteiger partial charge in [0.2, 0.25) is 0 Å². The molecule has 1 saturated heterocycles. The van der Waals surface area contributed by atoms with Crippen molar-refractivity contribution in [3.8, 4) is 0 Å². The van der Waals surface area contributed by atoms with E-state index < -0.39 is 12.2 Å². The van der Waals surface area contributed by atoms with Crippen molar-refractivity contribution in [3.63, 3.8) is 0 Å². The van der Waals surface area contributed by atoms with Crippen molar-refractivity contribution in [3.05, 3.63) is 35.9 Å². The van der Waals surface area contributed by atoms with Gasteiger partial charge in [0.05, 0.1) is 18.6 Å². The average molecular weight is 522 g/mol. The monoisotopic (exact) mass is 521 g/mol. The van der Waals surface area contributed by atoms with Crippen LogP contribution in [0.5, 0.6) is 0 Å². The van der Waals surface area contributed by atoms with Crippen molar-refractivity contribution in [2.45, 2.75) is 96.2 Å². The van der Waals surface area contributed by atoms with Crippen LogP contribution in [-0.2, 0) is 30.2 Å². The number of benzene rings is 1. The van der Waals surface area contributed by atoms with Crippen LogP contribution in [0.25, 0.3) is 0 Å². The van der Waals surface area contributed by atoms with Gasteiger partial charge in [-0.2, -0.15) is 0 Å². The third-order valence-corrected chi connectivity index (χ3v) is 7.62. The minimum atomic E-state index is -0.905. The lowest BCUT2D eigenvalue weighted by molar-refractivity contribution is -0.153. The Morgan fingerprint density at radius 1 is 1.03 bits per heavy atom. The van der Waals surface area contributed by atoms with Crippen molar-refractivity contribution in [1.29, 1.82) is 0 Å². The maximum atomic E-state index is 12.5. The molecule has 1 aliphatic rings. The SMILES string of the molecule is COC(CC1CC(C)CCN(CCCCc2ccccc2)CCC(C)OC(=O)CC(O)C(OC)C1)OC. The molecule has 0 bridgehead atoms. The minimum absolute atomic E-state index is 0.0632. The molecule has 5 atom stereocenters.